The van der Waals surface area contributed by atoms with Crippen molar-refractivity contribution in [1.82, 2.24) is 19.4 Å². The summed E-state index contributed by atoms with van der Waals surface area (Å²) < 4.78 is 7.17. The number of methoxy groups -OCH3 is 1. The number of carbonyl (C=O) groups excluding carboxylic acids is 2. The molecule has 0 saturated carbocycles. The van der Waals surface area contributed by atoms with E-state index in [1.807, 2.05) is 52.1 Å². The van der Waals surface area contributed by atoms with Gasteiger partial charge in [-0.2, -0.15) is 0 Å². The molecule has 0 fully saturated rings. The molecule has 38 heavy (non-hydrogen) atoms. The van der Waals surface area contributed by atoms with E-state index in [0.717, 1.165) is 50.3 Å². The molecule has 0 unspecified atom stereocenters. The molecule has 0 spiro atoms. The van der Waals surface area contributed by atoms with E-state index >= 15 is 0 Å². The molecule has 1 aliphatic heterocycles. The Morgan fingerprint density at radius 2 is 1.87 bits per heavy atom. The third-order valence-electron chi connectivity index (χ3n) is 6.78. The van der Waals surface area contributed by atoms with E-state index < -0.39 is 0 Å². The molecule has 0 radical (unpaired) electrons. The van der Waals surface area contributed by atoms with Crippen LogP contribution in [-0.4, -0.2) is 71.1 Å². The minimum Gasteiger partial charge on any atom is -0.375 e. The second-order valence-electron chi connectivity index (χ2n) is 9.59. The van der Waals surface area contributed by atoms with Crippen LogP contribution in [0.4, 0.5) is 5.69 Å². The van der Waals surface area contributed by atoms with Crippen LogP contribution in [0.25, 0.3) is 0 Å². The van der Waals surface area contributed by atoms with Crippen LogP contribution >= 0.6 is 11.6 Å². The lowest BCUT2D eigenvalue weighted by atomic mass is 10.1. The first-order valence-corrected chi connectivity index (χ1v) is 13.5. The van der Waals surface area contributed by atoms with E-state index in [4.69, 9.17) is 16.3 Å². The maximum absolute atomic E-state index is 13.5. The number of benzene rings is 2. The fraction of sp³-hybridized carbons (Fsp3) is 0.414. The molecule has 4 rings (SSSR count). The standard InChI is InChI=1S/C29H36ClN5O3/c1-38-22-29(37)35-15-6-14-32(20-24-7-3-2-4-8-24)17-18-34(21-25-10-11-26(30)19-27(25)35)28(36)9-5-13-33-16-12-31-23-33/h2-4,7-8,10-12,16,19,23H,5-6,9,13-15,17-18,20-22H2,1H3. The second-order valence-corrected chi connectivity index (χ2v) is 10.0. The maximum atomic E-state index is 13.5. The predicted molar refractivity (Wildman–Crippen MR) is 149 cm³/mol. The van der Waals surface area contributed by atoms with Crippen molar-refractivity contribution in [3.8, 4) is 0 Å². The summed E-state index contributed by atoms with van der Waals surface area (Å²) >= 11 is 6.39. The Morgan fingerprint density at radius 3 is 2.63 bits per heavy atom. The van der Waals surface area contributed by atoms with Crippen LogP contribution in [0.1, 0.15) is 30.4 Å². The lowest BCUT2D eigenvalue weighted by molar-refractivity contribution is -0.132. The van der Waals surface area contributed by atoms with E-state index in [0.29, 0.717) is 31.1 Å². The molecule has 0 atom stereocenters. The summed E-state index contributed by atoms with van der Waals surface area (Å²) in [6.45, 7) is 4.61. The number of aryl methyl sites for hydroxylation is 1. The molecule has 3 aromatic rings. The van der Waals surface area contributed by atoms with Crippen LogP contribution in [0.2, 0.25) is 5.02 Å². The number of carbonyl (C=O) groups is 2. The molecule has 2 heterocycles. The number of halogens is 1. The fourth-order valence-electron chi connectivity index (χ4n) is 4.82. The van der Waals surface area contributed by atoms with Gasteiger partial charge >= 0.3 is 0 Å². The smallest absolute Gasteiger partial charge is 0.252 e. The van der Waals surface area contributed by atoms with Crippen molar-refractivity contribution in [2.24, 2.45) is 0 Å². The zero-order valence-electron chi connectivity index (χ0n) is 22.0. The van der Waals surface area contributed by atoms with Gasteiger partial charge in [-0.25, -0.2) is 4.98 Å². The van der Waals surface area contributed by atoms with Crippen molar-refractivity contribution < 1.29 is 14.3 Å². The number of imidazole rings is 1. The Morgan fingerprint density at radius 1 is 1.03 bits per heavy atom. The van der Waals surface area contributed by atoms with Crippen molar-refractivity contribution in [3.63, 3.8) is 0 Å². The van der Waals surface area contributed by atoms with Crippen LogP contribution in [0.3, 0.4) is 0 Å². The van der Waals surface area contributed by atoms with Gasteiger partial charge in [0.25, 0.3) is 5.91 Å². The largest absolute Gasteiger partial charge is 0.375 e. The Balaban J connectivity index is 1.58. The molecule has 202 valence electrons. The summed E-state index contributed by atoms with van der Waals surface area (Å²) in [6, 6.07) is 15.9. The maximum Gasteiger partial charge on any atom is 0.252 e. The highest BCUT2D eigenvalue weighted by molar-refractivity contribution is 6.31. The highest BCUT2D eigenvalue weighted by Crippen LogP contribution is 2.28. The average molecular weight is 538 g/mol. The quantitative estimate of drug-likeness (QED) is 0.430. The molecule has 9 heteroatoms. The van der Waals surface area contributed by atoms with Gasteiger partial charge in [0.05, 0.1) is 12.0 Å². The Kier molecular flexibility index (Phi) is 10.3. The summed E-state index contributed by atoms with van der Waals surface area (Å²) in [5.41, 5.74) is 2.87. The van der Waals surface area contributed by atoms with Crippen molar-refractivity contribution in [1.29, 1.82) is 0 Å². The number of fused-ring (bicyclic) bond motifs is 1. The number of ether oxygens (including phenoxy) is 1. The van der Waals surface area contributed by atoms with Crippen LogP contribution in [0.15, 0.2) is 67.3 Å². The number of rotatable bonds is 8. The average Bonchev–Trinajstić information content (AvgIpc) is 3.42. The number of aromatic nitrogens is 2. The third-order valence-corrected chi connectivity index (χ3v) is 7.01. The topological polar surface area (TPSA) is 70.9 Å². The zero-order valence-corrected chi connectivity index (χ0v) is 22.7. The SMILES string of the molecule is COCC(=O)N1CCCN(Cc2ccccc2)CCN(C(=O)CCCn2ccnc2)Cc2ccc(Cl)cc21. The number of amides is 2. The molecule has 0 aliphatic carbocycles. The number of anilines is 1. The van der Waals surface area contributed by atoms with Gasteiger partial charge in [-0.05, 0) is 36.1 Å². The fourth-order valence-corrected chi connectivity index (χ4v) is 4.98. The predicted octanol–water partition coefficient (Wildman–Crippen LogP) is 4.23. The van der Waals surface area contributed by atoms with Gasteiger partial charge in [0.2, 0.25) is 5.91 Å². The molecule has 8 nitrogen and oxygen atoms in total. The van der Waals surface area contributed by atoms with Gasteiger partial charge < -0.3 is 19.1 Å². The molecular weight excluding hydrogens is 502 g/mol. The van der Waals surface area contributed by atoms with Gasteiger partial charge in [0.15, 0.2) is 0 Å². The van der Waals surface area contributed by atoms with E-state index in [9.17, 15) is 9.59 Å². The van der Waals surface area contributed by atoms with Gasteiger partial charge in [-0.1, -0.05) is 48.0 Å². The van der Waals surface area contributed by atoms with Gasteiger partial charge in [-0.3, -0.25) is 14.5 Å². The van der Waals surface area contributed by atoms with Crippen molar-refractivity contribution in [2.75, 3.05) is 44.8 Å². The van der Waals surface area contributed by atoms with Gasteiger partial charge in [-0.15, -0.1) is 0 Å². The monoisotopic (exact) mass is 537 g/mol. The normalized spacial score (nSPS) is 15.1. The second kappa shape index (κ2) is 14.1. The molecule has 1 aliphatic rings. The number of nitrogens with zero attached hydrogens (tertiary/aromatic N) is 5. The lowest BCUT2D eigenvalue weighted by Gasteiger charge is -2.28. The van der Waals surface area contributed by atoms with Crippen LogP contribution < -0.4 is 4.90 Å². The van der Waals surface area contributed by atoms with Gasteiger partial charge in [0.1, 0.15) is 6.61 Å². The number of hydrogen-bond acceptors (Lipinski definition) is 5. The molecule has 0 N–H and O–H groups in total. The Labute approximate surface area is 229 Å². The summed E-state index contributed by atoms with van der Waals surface area (Å²) in [7, 11) is 1.52. The lowest BCUT2D eigenvalue weighted by Crippen LogP contribution is -2.38. The van der Waals surface area contributed by atoms with Crippen LogP contribution in [0.5, 0.6) is 0 Å². The summed E-state index contributed by atoms with van der Waals surface area (Å²) in [6.07, 6.45) is 7.37. The molecular formula is C29H36ClN5O3. The molecule has 0 bridgehead atoms. The van der Waals surface area contributed by atoms with Crippen molar-refractivity contribution in [3.05, 3.63) is 83.4 Å². The highest BCUT2D eigenvalue weighted by Gasteiger charge is 2.24. The highest BCUT2D eigenvalue weighted by atomic mass is 35.5. The van der Waals surface area contributed by atoms with Crippen LogP contribution in [0, 0.1) is 0 Å². The first-order chi connectivity index (χ1) is 18.5. The molecule has 2 aromatic carbocycles. The Hall–Kier alpha value is -3.20. The summed E-state index contributed by atoms with van der Waals surface area (Å²) in [5.74, 6) is -0.0252. The molecule has 1 aromatic heterocycles. The minimum atomic E-state index is -0.122. The molecule has 2 amide bonds. The minimum absolute atomic E-state index is 0.0173. The third kappa shape index (κ3) is 7.90. The summed E-state index contributed by atoms with van der Waals surface area (Å²) in [4.78, 5) is 36.7. The first kappa shape index (κ1) is 27.8. The number of hydrogen-bond donors (Lipinski definition) is 0. The summed E-state index contributed by atoms with van der Waals surface area (Å²) in [5, 5.41) is 0.553. The van der Waals surface area contributed by atoms with E-state index in [2.05, 4.69) is 22.0 Å². The van der Waals surface area contributed by atoms with E-state index in [1.54, 1.807) is 17.4 Å². The van der Waals surface area contributed by atoms with Crippen molar-refractivity contribution in [2.45, 2.75) is 38.9 Å². The van der Waals surface area contributed by atoms with Gasteiger partial charge in [0, 0.05) is 76.8 Å². The van der Waals surface area contributed by atoms with E-state index in [1.165, 1.54) is 12.7 Å². The van der Waals surface area contributed by atoms with E-state index in [-0.39, 0.29) is 18.4 Å². The zero-order chi connectivity index (χ0) is 26.7. The first-order valence-electron chi connectivity index (χ1n) is 13.1. The Bertz CT molecular complexity index is 1170. The van der Waals surface area contributed by atoms with Crippen molar-refractivity contribution >= 4 is 29.1 Å². The van der Waals surface area contributed by atoms with Crippen LogP contribution in [-0.2, 0) is 34.0 Å². The molecule has 0 saturated heterocycles.